The van der Waals surface area contributed by atoms with Gasteiger partial charge in [0.25, 0.3) is 15.9 Å². The molecule has 3 N–H and O–H groups in total. The number of fused-ring (bicyclic) bond motifs is 1. The molecular weight excluding hydrogens is 376 g/mol. The Morgan fingerprint density at radius 3 is 2.85 bits per heavy atom. The largest absolute Gasteiger partial charge is 0.369 e. The van der Waals surface area contributed by atoms with Gasteiger partial charge in [-0.1, -0.05) is 12.1 Å². The highest BCUT2D eigenvalue weighted by molar-refractivity contribution is 8.00. The van der Waals surface area contributed by atoms with E-state index in [-0.39, 0.29) is 29.5 Å². The van der Waals surface area contributed by atoms with Crippen molar-refractivity contribution in [2.45, 2.75) is 4.90 Å². The van der Waals surface area contributed by atoms with Crippen LogP contribution in [0.25, 0.3) is 0 Å². The lowest BCUT2D eigenvalue weighted by atomic mass is 10.1. The zero-order chi connectivity index (χ0) is 18.7. The van der Waals surface area contributed by atoms with Crippen LogP contribution in [0, 0.1) is 0 Å². The van der Waals surface area contributed by atoms with Crippen molar-refractivity contribution in [2.24, 2.45) is 10.1 Å². The van der Waals surface area contributed by atoms with E-state index in [4.69, 9.17) is 5.73 Å². The molecule has 0 fully saturated rings. The number of primary amides is 1. The zero-order valence-corrected chi connectivity index (χ0v) is 15.2. The van der Waals surface area contributed by atoms with Crippen LogP contribution in [0.15, 0.2) is 57.5 Å². The van der Waals surface area contributed by atoms with Gasteiger partial charge >= 0.3 is 0 Å². The zero-order valence-electron chi connectivity index (χ0n) is 13.6. The van der Waals surface area contributed by atoms with Crippen molar-refractivity contribution >= 4 is 45.1 Å². The number of benzene rings is 1. The molecule has 0 saturated heterocycles. The van der Waals surface area contributed by atoms with E-state index in [0.717, 1.165) is 0 Å². The third-order valence-electron chi connectivity index (χ3n) is 3.61. The second-order valence-electron chi connectivity index (χ2n) is 5.52. The van der Waals surface area contributed by atoms with Gasteiger partial charge < -0.3 is 16.0 Å². The van der Waals surface area contributed by atoms with Crippen LogP contribution in [0.3, 0.4) is 0 Å². The van der Waals surface area contributed by atoms with Crippen molar-refractivity contribution in [3.05, 3.63) is 48.2 Å². The highest BCUT2D eigenvalue weighted by Gasteiger charge is 2.30. The second kappa shape index (κ2) is 7.34. The number of carbonyl (C=O) groups is 2. The molecule has 2 amide bonds. The minimum absolute atomic E-state index is 0.0804. The minimum Gasteiger partial charge on any atom is -0.369 e. The van der Waals surface area contributed by atoms with Crippen molar-refractivity contribution in [1.29, 1.82) is 0 Å². The average molecular weight is 392 g/mol. The van der Waals surface area contributed by atoms with Crippen LogP contribution < -0.4 is 11.1 Å². The molecule has 0 spiro atoms. The Morgan fingerprint density at radius 2 is 2.08 bits per heavy atom. The molecule has 2 aliphatic rings. The number of hydrogen-bond donors (Lipinski definition) is 2. The van der Waals surface area contributed by atoms with E-state index in [0.29, 0.717) is 10.6 Å². The summed E-state index contributed by atoms with van der Waals surface area (Å²) >= 11 is 1.21. The first-order valence-electron chi connectivity index (χ1n) is 7.65. The molecule has 0 aliphatic carbocycles. The van der Waals surface area contributed by atoms with Gasteiger partial charge in [-0.05, 0) is 24.3 Å². The minimum atomic E-state index is -3.58. The van der Waals surface area contributed by atoms with E-state index in [1.807, 2.05) is 0 Å². The molecule has 0 unspecified atom stereocenters. The first-order valence-corrected chi connectivity index (χ1v) is 10.2. The number of hydrogen-bond acceptors (Lipinski definition) is 6. The van der Waals surface area contributed by atoms with Gasteiger partial charge in [-0.15, -0.1) is 16.2 Å². The monoisotopic (exact) mass is 392 g/mol. The number of anilines is 1. The molecule has 8 nitrogen and oxygen atoms in total. The standard InChI is InChI=1S/C16H16N4O4S2/c17-14(21)10-25-13-6-2-1-5-12(13)18-16(22)11-4-3-7-20-8-9-26(23,24)19-15(11)20/h1-7H,8-10H2,(H2,17,21)(H,18,22). The van der Waals surface area contributed by atoms with Gasteiger partial charge in [-0.25, -0.2) is 8.42 Å². The van der Waals surface area contributed by atoms with E-state index in [2.05, 4.69) is 9.71 Å². The van der Waals surface area contributed by atoms with Gasteiger partial charge in [0.15, 0.2) is 5.84 Å². The molecule has 0 bridgehead atoms. The number of nitrogens with one attached hydrogen (secondary N) is 1. The summed E-state index contributed by atoms with van der Waals surface area (Å²) in [4.78, 5) is 26.0. The fourth-order valence-electron chi connectivity index (χ4n) is 2.43. The SMILES string of the molecule is NC(=O)CSc1ccccc1NC(=O)C1=CC=CN2CCS(=O)(=O)N=C12. The van der Waals surface area contributed by atoms with Crippen LogP contribution in [0.1, 0.15) is 0 Å². The fraction of sp³-hybridized carbons (Fsp3) is 0.188. The molecule has 1 aromatic carbocycles. The first-order chi connectivity index (χ1) is 12.4. The second-order valence-corrected chi connectivity index (χ2v) is 8.29. The number of thioether (sulfide) groups is 1. The van der Waals surface area contributed by atoms with Crippen molar-refractivity contribution < 1.29 is 18.0 Å². The maximum Gasteiger partial charge on any atom is 0.259 e. The summed E-state index contributed by atoms with van der Waals surface area (Å²) in [5.41, 5.74) is 5.83. The highest BCUT2D eigenvalue weighted by Crippen LogP contribution is 2.28. The lowest BCUT2D eigenvalue weighted by Crippen LogP contribution is -2.40. The fourth-order valence-corrected chi connectivity index (χ4v) is 4.16. The normalized spacial score (nSPS) is 17.8. The molecule has 3 rings (SSSR count). The number of nitrogens with two attached hydrogens (primary N) is 1. The molecule has 136 valence electrons. The molecule has 0 atom stereocenters. The molecule has 2 aliphatic heterocycles. The number of para-hydroxylation sites is 1. The van der Waals surface area contributed by atoms with Gasteiger partial charge in [0.2, 0.25) is 5.91 Å². The Morgan fingerprint density at radius 1 is 1.31 bits per heavy atom. The molecule has 10 heteroatoms. The Hall–Kier alpha value is -2.59. The number of amidine groups is 1. The molecule has 26 heavy (non-hydrogen) atoms. The van der Waals surface area contributed by atoms with E-state index in [1.165, 1.54) is 17.8 Å². The smallest absolute Gasteiger partial charge is 0.259 e. The molecule has 2 heterocycles. The summed E-state index contributed by atoms with van der Waals surface area (Å²) in [6.45, 7) is 0.243. The maximum absolute atomic E-state index is 12.7. The van der Waals surface area contributed by atoms with E-state index < -0.39 is 21.8 Å². The molecule has 0 saturated carbocycles. The number of nitrogens with zero attached hydrogens (tertiary/aromatic N) is 2. The number of sulfonamides is 1. The topological polar surface area (TPSA) is 122 Å². The molecule has 0 radical (unpaired) electrons. The van der Waals surface area contributed by atoms with Crippen molar-refractivity contribution in [1.82, 2.24) is 4.90 Å². The van der Waals surface area contributed by atoms with Crippen LogP contribution in [0.5, 0.6) is 0 Å². The molecule has 0 aromatic heterocycles. The van der Waals surface area contributed by atoms with Gasteiger partial charge in [-0.2, -0.15) is 0 Å². The van der Waals surface area contributed by atoms with Gasteiger partial charge in [0.1, 0.15) is 0 Å². The number of allylic oxidation sites excluding steroid dienone is 2. The Balaban J connectivity index is 1.84. The lowest BCUT2D eigenvalue weighted by molar-refractivity contribution is -0.115. The summed E-state index contributed by atoms with van der Waals surface area (Å²) in [5.74, 6) is -0.853. The third-order valence-corrected chi connectivity index (χ3v) is 5.85. The number of rotatable bonds is 5. The average Bonchev–Trinajstić information content (AvgIpc) is 2.59. The van der Waals surface area contributed by atoms with Crippen LogP contribution in [0.2, 0.25) is 0 Å². The summed E-state index contributed by atoms with van der Waals surface area (Å²) < 4.78 is 27.3. The van der Waals surface area contributed by atoms with Crippen LogP contribution >= 0.6 is 11.8 Å². The Labute approximate surface area is 154 Å². The predicted molar refractivity (Wildman–Crippen MR) is 100 cm³/mol. The summed E-state index contributed by atoms with van der Waals surface area (Å²) in [6, 6.07) is 6.97. The maximum atomic E-state index is 12.7. The van der Waals surface area contributed by atoms with E-state index >= 15 is 0 Å². The van der Waals surface area contributed by atoms with Crippen LogP contribution in [0.4, 0.5) is 5.69 Å². The van der Waals surface area contributed by atoms with Crippen molar-refractivity contribution in [3.63, 3.8) is 0 Å². The Bertz CT molecular complexity index is 951. The van der Waals surface area contributed by atoms with Crippen molar-refractivity contribution in [3.8, 4) is 0 Å². The number of amides is 2. The van der Waals surface area contributed by atoms with Crippen LogP contribution in [-0.4, -0.2) is 49.0 Å². The summed E-state index contributed by atoms with van der Waals surface area (Å²) in [7, 11) is -3.58. The quantitative estimate of drug-likeness (QED) is 0.712. The molecular formula is C16H16N4O4S2. The Kier molecular flexibility index (Phi) is 5.14. The van der Waals surface area contributed by atoms with Gasteiger partial charge in [-0.3, -0.25) is 9.59 Å². The molecule has 1 aromatic rings. The van der Waals surface area contributed by atoms with E-state index in [1.54, 1.807) is 41.4 Å². The van der Waals surface area contributed by atoms with Crippen molar-refractivity contribution in [2.75, 3.05) is 23.4 Å². The number of carbonyl (C=O) groups excluding carboxylic acids is 2. The lowest BCUT2D eigenvalue weighted by Gasteiger charge is -2.28. The predicted octanol–water partition coefficient (Wildman–Crippen LogP) is 0.700. The highest BCUT2D eigenvalue weighted by atomic mass is 32.2. The van der Waals surface area contributed by atoms with E-state index in [9.17, 15) is 18.0 Å². The van der Waals surface area contributed by atoms with Gasteiger partial charge in [0.05, 0.1) is 22.8 Å². The summed E-state index contributed by atoms with van der Waals surface area (Å²) in [6.07, 6.45) is 4.87. The van der Waals surface area contributed by atoms with Gasteiger partial charge in [0, 0.05) is 17.6 Å². The summed E-state index contributed by atoms with van der Waals surface area (Å²) in [5, 5.41) is 2.75. The third kappa shape index (κ3) is 4.14. The van der Waals surface area contributed by atoms with Crippen LogP contribution in [-0.2, 0) is 19.6 Å². The first kappa shape index (κ1) is 18.2.